The Kier molecular flexibility index (Phi) is 5.25. The van der Waals surface area contributed by atoms with Crippen LogP contribution in [0.4, 0.5) is 4.79 Å². The molecule has 0 aliphatic carbocycles. The summed E-state index contributed by atoms with van der Waals surface area (Å²) in [4.78, 5) is 22.7. The summed E-state index contributed by atoms with van der Waals surface area (Å²) in [5, 5.41) is 2.96. The predicted octanol–water partition coefficient (Wildman–Crippen LogP) is 2.41. The number of nitrogens with zero attached hydrogens (tertiary/aromatic N) is 3. The lowest BCUT2D eigenvalue weighted by molar-refractivity contribution is 0.0806. The van der Waals surface area contributed by atoms with Crippen LogP contribution in [0.5, 0.6) is 11.5 Å². The van der Waals surface area contributed by atoms with Crippen LogP contribution in [0.2, 0.25) is 0 Å². The van der Waals surface area contributed by atoms with Gasteiger partial charge < -0.3 is 19.7 Å². The number of rotatable bonds is 4. The third-order valence-corrected chi connectivity index (χ3v) is 4.15. The second-order valence-electron chi connectivity index (χ2n) is 6.87. The average Bonchev–Trinajstić information content (AvgIpc) is 2.76. The van der Waals surface area contributed by atoms with E-state index >= 15 is 0 Å². The zero-order valence-corrected chi connectivity index (χ0v) is 15.4. The number of carbonyl (C=O) groups is 1. The van der Waals surface area contributed by atoms with Crippen molar-refractivity contribution in [2.75, 3.05) is 20.2 Å². The van der Waals surface area contributed by atoms with E-state index in [2.05, 4.69) is 15.3 Å². The first-order valence-corrected chi connectivity index (χ1v) is 8.60. The van der Waals surface area contributed by atoms with Crippen LogP contribution in [0.1, 0.15) is 25.1 Å². The molecule has 0 bridgehead atoms. The van der Waals surface area contributed by atoms with Gasteiger partial charge in [-0.05, 0) is 26.0 Å². The summed E-state index contributed by atoms with van der Waals surface area (Å²) in [7, 11) is 1.63. The summed E-state index contributed by atoms with van der Waals surface area (Å²) in [6.07, 6.45) is 5.63. The summed E-state index contributed by atoms with van der Waals surface area (Å²) >= 11 is 0. The van der Waals surface area contributed by atoms with E-state index in [4.69, 9.17) is 9.47 Å². The first-order valence-electron chi connectivity index (χ1n) is 8.60. The van der Waals surface area contributed by atoms with Gasteiger partial charge in [0.25, 0.3) is 0 Å². The second-order valence-corrected chi connectivity index (χ2v) is 6.87. The summed E-state index contributed by atoms with van der Waals surface area (Å²) < 4.78 is 11.4. The molecule has 0 fully saturated rings. The molecule has 2 heterocycles. The van der Waals surface area contributed by atoms with Gasteiger partial charge in [0.15, 0.2) is 0 Å². The molecule has 2 aromatic rings. The van der Waals surface area contributed by atoms with E-state index in [1.165, 1.54) is 0 Å². The summed E-state index contributed by atoms with van der Waals surface area (Å²) in [5.41, 5.74) is 1.31. The lowest BCUT2D eigenvalue weighted by Crippen LogP contribution is -2.47. The number of amides is 2. The lowest BCUT2D eigenvalue weighted by Gasteiger charge is -2.29. The van der Waals surface area contributed by atoms with Gasteiger partial charge in [0.1, 0.15) is 17.1 Å². The maximum absolute atomic E-state index is 12.7. The van der Waals surface area contributed by atoms with Crippen LogP contribution in [0.25, 0.3) is 0 Å². The highest BCUT2D eigenvalue weighted by atomic mass is 16.5. The highest BCUT2D eigenvalue weighted by molar-refractivity contribution is 5.74. The quantitative estimate of drug-likeness (QED) is 0.910. The molecule has 0 radical (unpaired) electrons. The number of urea groups is 1. The Bertz CT molecular complexity index is 765. The van der Waals surface area contributed by atoms with E-state index in [-0.39, 0.29) is 6.03 Å². The summed E-state index contributed by atoms with van der Waals surface area (Å²) in [6.45, 7) is 5.42. The second kappa shape index (κ2) is 7.59. The predicted molar refractivity (Wildman–Crippen MR) is 97.2 cm³/mol. The molecule has 7 heteroatoms. The van der Waals surface area contributed by atoms with Crippen LogP contribution in [0.3, 0.4) is 0 Å². The van der Waals surface area contributed by atoms with Gasteiger partial charge in [-0.3, -0.25) is 9.97 Å². The minimum Gasteiger partial charge on any atom is -0.497 e. The molecule has 1 aliphatic rings. The molecule has 138 valence electrons. The number of ether oxygens (including phenoxy) is 2. The molecule has 2 amide bonds. The molecule has 1 aromatic carbocycles. The van der Waals surface area contributed by atoms with Gasteiger partial charge in [-0.15, -0.1) is 0 Å². The largest absolute Gasteiger partial charge is 0.497 e. The number of hydrogen-bond donors (Lipinski definition) is 1. The third-order valence-electron chi connectivity index (χ3n) is 4.15. The van der Waals surface area contributed by atoms with Crippen molar-refractivity contribution in [3.05, 3.63) is 48.0 Å². The Balaban J connectivity index is 1.67. The Morgan fingerprint density at radius 3 is 2.96 bits per heavy atom. The number of nitrogens with one attached hydrogen (secondary N) is 1. The van der Waals surface area contributed by atoms with Crippen molar-refractivity contribution in [3.8, 4) is 11.5 Å². The molecule has 1 N–H and O–H groups in total. The van der Waals surface area contributed by atoms with Crippen molar-refractivity contribution < 1.29 is 14.3 Å². The van der Waals surface area contributed by atoms with Gasteiger partial charge in [0.05, 0.1) is 25.9 Å². The normalized spacial score (nSPS) is 15.4. The van der Waals surface area contributed by atoms with Gasteiger partial charge in [0.2, 0.25) is 0 Å². The highest BCUT2D eigenvalue weighted by Crippen LogP contribution is 2.32. The van der Waals surface area contributed by atoms with Crippen molar-refractivity contribution in [1.29, 1.82) is 0 Å². The number of aromatic nitrogens is 2. The Morgan fingerprint density at radius 1 is 1.38 bits per heavy atom. The molecular formula is C19H24N4O3. The molecule has 7 nitrogen and oxygen atoms in total. The van der Waals surface area contributed by atoms with Crippen molar-refractivity contribution in [3.63, 3.8) is 0 Å². The van der Waals surface area contributed by atoms with E-state index in [9.17, 15) is 4.79 Å². The fourth-order valence-corrected chi connectivity index (χ4v) is 2.95. The van der Waals surface area contributed by atoms with Crippen molar-refractivity contribution in [2.45, 2.75) is 32.4 Å². The molecule has 1 aliphatic heterocycles. The van der Waals surface area contributed by atoms with E-state index in [0.717, 1.165) is 22.8 Å². The topological polar surface area (TPSA) is 76.6 Å². The zero-order valence-electron chi connectivity index (χ0n) is 15.4. The molecule has 0 spiro atoms. The lowest BCUT2D eigenvalue weighted by atomic mass is 10.1. The van der Waals surface area contributed by atoms with E-state index in [1.807, 2.05) is 32.0 Å². The molecule has 26 heavy (non-hydrogen) atoms. The Hall–Kier alpha value is -2.83. The van der Waals surface area contributed by atoms with Crippen LogP contribution in [-0.2, 0) is 13.0 Å². The van der Waals surface area contributed by atoms with Crippen molar-refractivity contribution >= 4 is 6.03 Å². The van der Waals surface area contributed by atoms with Crippen molar-refractivity contribution in [2.24, 2.45) is 0 Å². The molecule has 0 saturated heterocycles. The molecule has 1 aromatic heterocycles. The maximum Gasteiger partial charge on any atom is 0.317 e. The molecule has 3 rings (SSSR count). The molecule has 0 unspecified atom stereocenters. The number of carbonyl (C=O) groups excluding carboxylic acids is 1. The van der Waals surface area contributed by atoms with Crippen molar-refractivity contribution in [1.82, 2.24) is 20.2 Å². The fraction of sp³-hybridized carbons (Fsp3) is 0.421. The Morgan fingerprint density at radius 2 is 2.23 bits per heavy atom. The van der Waals surface area contributed by atoms with Crippen LogP contribution >= 0.6 is 0 Å². The van der Waals surface area contributed by atoms with Gasteiger partial charge >= 0.3 is 6.03 Å². The molecular weight excluding hydrogens is 332 g/mol. The fourth-order valence-electron chi connectivity index (χ4n) is 2.95. The highest BCUT2D eigenvalue weighted by Gasteiger charge is 2.31. The van der Waals surface area contributed by atoms with Gasteiger partial charge in [-0.1, -0.05) is 0 Å². The SMILES string of the molecule is COc1ccc2c(c1)OC(C)(C)CN(C(=O)NCCc1cnccn1)C2. The van der Waals surface area contributed by atoms with Crippen LogP contribution in [0, 0.1) is 0 Å². The number of benzene rings is 1. The van der Waals surface area contributed by atoms with E-state index in [0.29, 0.717) is 26.1 Å². The number of fused-ring (bicyclic) bond motifs is 1. The van der Waals surface area contributed by atoms with E-state index < -0.39 is 5.60 Å². The summed E-state index contributed by atoms with van der Waals surface area (Å²) in [6, 6.07) is 5.57. The molecule has 0 saturated carbocycles. The minimum atomic E-state index is -0.500. The zero-order chi connectivity index (χ0) is 18.6. The van der Waals surface area contributed by atoms with Crippen LogP contribution < -0.4 is 14.8 Å². The van der Waals surface area contributed by atoms with Gasteiger partial charge in [-0.25, -0.2) is 4.79 Å². The number of hydrogen-bond acceptors (Lipinski definition) is 5. The first kappa shape index (κ1) is 18.0. The smallest absolute Gasteiger partial charge is 0.317 e. The Labute approximate surface area is 153 Å². The number of methoxy groups -OCH3 is 1. The summed E-state index contributed by atoms with van der Waals surface area (Å²) in [5.74, 6) is 1.49. The first-order chi connectivity index (χ1) is 12.5. The van der Waals surface area contributed by atoms with E-state index in [1.54, 1.807) is 30.6 Å². The maximum atomic E-state index is 12.7. The average molecular weight is 356 g/mol. The van der Waals surface area contributed by atoms with Gasteiger partial charge in [-0.2, -0.15) is 0 Å². The standard InChI is InChI=1S/C19H24N4O3/c1-19(2)13-23(12-14-4-5-16(25-3)10-17(14)26-19)18(24)22-7-6-15-11-20-8-9-21-15/h4-5,8-11H,6-7,12-13H2,1-3H3,(H,22,24). The van der Waals surface area contributed by atoms with Crippen LogP contribution in [0.15, 0.2) is 36.8 Å². The van der Waals surface area contributed by atoms with Gasteiger partial charge in [0, 0.05) is 43.2 Å². The molecule has 0 atom stereocenters. The third kappa shape index (κ3) is 4.41. The monoisotopic (exact) mass is 356 g/mol. The van der Waals surface area contributed by atoms with Crippen LogP contribution in [-0.4, -0.2) is 46.7 Å². The minimum absolute atomic E-state index is 0.116.